The highest BCUT2D eigenvalue weighted by Crippen LogP contribution is 2.42. The van der Waals surface area contributed by atoms with E-state index in [0.717, 1.165) is 5.69 Å². The molecule has 4 heterocycles. The Balaban J connectivity index is 1.43. The number of hydrogen-bond donors (Lipinski definition) is 2. The fourth-order valence-electron chi connectivity index (χ4n) is 3.62. The van der Waals surface area contributed by atoms with Crippen molar-refractivity contribution in [1.82, 2.24) is 15.2 Å². The maximum atomic E-state index is 12.8. The van der Waals surface area contributed by atoms with Crippen LogP contribution in [0.15, 0.2) is 42.5 Å². The summed E-state index contributed by atoms with van der Waals surface area (Å²) in [5.41, 5.74) is 1.41. The second-order valence-corrected chi connectivity index (χ2v) is 12.2. The molecule has 4 rings (SSSR count). The van der Waals surface area contributed by atoms with E-state index >= 15 is 0 Å². The van der Waals surface area contributed by atoms with Crippen LogP contribution in [0.1, 0.15) is 25.4 Å². The largest absolute Gasteiger partial charge is 0.477 e. The number of aromatic nitrogens is 1. The normalized spacial score (nSPS) is 20.6. The molecule has 3 atom stereocenters. The molecule has 0 radical (unpaired) electrons. The lowest BCUT2D eigenvalue weighted by Gasteiger charge is -2.49. The number of aliphatic carboxylic acids is 1. The van der Waals surface area contributed by atoms with Crippen LogP contribution in [0.2, 0.25) is 0 Å². The Morgan fingerprint density at radius 2 is 2.18 bits per heavy atom. The van der Waals surface area contributed by atoms with E-state index in [1.54, 1.807) is 17.5 Å². The molecule has 2 aromatic heterocycles. The monoisotopic (exact) mass is 541 g/mol. The molecule has 34 heavy (non-hydrogen) atoms. The maximum absolute atomic E-state index is 12.8. The van der Waals surface area contributed by atoms with Gasteiger partial charge in [-0.2, -0.15) is 0 Å². The third-order valence-electron chi connectivity index (χ3n) is 5.27. The van der Waals surface area contributed by atoms with Gasteiger partial charge in [-0.15, -0.1) is 23.1 Å². The Labute approximate surface area is 211 Å². The Hall–Kier alpha value is -2.09. The molecule has 1 fully saturated rings. The molecular weight excluding hydrogens is 519 g/mol. The molecule has 0 bridgehead atoms. The zero-order chi connectivity index (χ0) is 24.4. The topological polar surface area (TPSA) is 130 Å². The SMILES string of the molecule is CCc1nc(CC)c(SCC2=C(C(=O)O)N3C(=O)C(NC(=O)CS(=O)c4cccs4)[C@@H]3SC2)o1. The van der Waals surface area contributed by atoms with Gasteiger partial charge < -0.3 is 14.8 Å². The van der Waals surface area contributed by atoms with Gasteiger partial charge in [0.15, 0.2) is 11.0 Å². The second-order valence-electron chi connectivity index (χ2n) is 7.47. The lowest BCUT2D eigenvalue weighted by atomic mass is 10.0. The van der Waals surface area contributed by atoms with Gasteiger partial charge in [-0.05, 0) is 23.4 Å². The number of nitrogens with zero attached hydrogens (tertiary/aromatic N) is 2. The van der Waals surface area contributed by atoms with Gasteiger partial charge in [0.2, 0.25) is 5.91 Å². The van der Waals surface area contributed by atoms with Crippen molar-refractivity contribution in [3.8, 4) is 0 Å². The number of carboxylic acids is 1. The van der Waals surface area contributed by atoms with Crippen molar-refractivity contribution in [1.29, 1.82) is 0 Å². The summed E-state index contributed by atoms with van der Waals surface area (Å²) in [6, 6.07) is 2.61. The minimum atomic E-state index is -1.49. The van der Waals surface area contributed by atoms with E-state index in [-0.39, 0.29) is 11.4 Å². The smallest absolute Gasteiger partial charge is 0.352 e. The van der Waals surface area contributed by atoms with Crippen LogP contribution in [0.4, 0.5) is 0 Å². The average molecular weight is 542 g/mol. The van der Waals surface area contributed by atoms with Gasteiger partial charge in [-0.25, -0.2) is 9.78 Å². The van der Waals surface area contributed by atoms with E-state index in [1.165, 1.54) is 39.8 Å². The van der Waals surface area contributed by atoms with Gasteiger partial charge in [0.05, 0.1) is 20.7 Å². The summed E-state index contributed by atoms with van der Waals surface area (Å²) in [5, 5.41) is 14.4. The number of rotatable bonds is 10. The van der Waals surface area contributed by atoms with E-state index in [9.17, 15) is 23.7 Å². The number of carbonyl (C=O) groups is 3. The lowest BCUT2D eigenvalue weighted by Crippen LogP contribution is -2.70. The predicted octanol–water partition coefficient (Wildman–Crippen LogP) is 2.50. The van der Waals surface area contributed by atoms with Crippen molar-refractivity contribution in [2.45, 2.75) is 47.4 Å². The van der Waals surface area contributed by atoms with Crippen molar-refractivity contribution in [2.75, 3.05) is 17.3 Å². The van der Waals surface area contributed by atoms with Crippen molar-refractivity contribution >= 4 is 63.4 Å². The van der Waals surface area contributed by atoms with Crippen LogP contribution < -0.4 is 5.32 Å². The van der Waals surface area contributed by atoms with Crippen molar-refractivity contribution in [3.63, 3.8) is 0 Å². The van der Waals surface area contributed by atoms with Gasteiger partial charge >= 0.3 is 5.97 Å². The molecular formula is C21H23N3O6S4. The zero-order valence-corrected chi connectivity index (χ0v) is 21.7. The lowest BCUT2D eigenvalue weighted by molar-refractivity contribution is -0.150. The predicted molar refractivity (Wildman–Crippen MR) is 131 cm³/mol. The van der Waals surface area contributed by atoms with Crippen LogP contribution in [0, 0.1) is 0 Å². The number of fused-ring (bicyclic) bond motifs is 1. The summed E-state index contributed by atoms with van der Waals surface area (Å²) in [4.78, 5) is 42.9. The molecule has 2 aromatic rings. The van der Waals surface area contributed by atoms with E-state index < -0.39 is 40.0 Å². The summed E-state index contributed by atoms with van der Waals surface area (Å²) < 4.78 is 18.6. The molecule has 2 amide bonds. The third kappa shape index (κ3) is 4.97. The fourth-order valence-corrected chi connectivity index (χ4v) is 8.06. The number of amides is 2. The Morgan fingerprint density at radius 3 is 2.82 bits per heavy atom. The molecule has 0 aliphatic carbocycles. The number of nitrogens with one attached hydrogen (secondary N) is 1. The van der Waals surface area contributed by atoms with Crippen molar-refractivity contribution < 1.29 is 28.1 Å². The van der Waals surface area contributed by atoms with Crippen molar-refractivity contribution in [2.24, 2.45) is 0 Å². The van der Waals surface area contributed by atoms with Crippen molar-refractivity contribution in [3.05, 3.63) is 40.4 Å². The standard InChI is InChI=1S/C21H23N3O6S4/c1-3-12-21(30-14(4-2)22-12)33-9-11-8-32-19-16(18(26)24(19)17(11)20(27)28)23-13(25)10-34(29)15-6-5-7-31-15/h5-7,16,19H,3-4,8-10H2,1-2H3,(H,23,25)(H,27,28)/t16?,19-,34?/m0/s1. The molecule has 2 aliphatic heterocycles. The van der Waals surface area contributed by atoms with Crippen LogP contribution in [0.3, 0.4) is 0 Å². The fraction of sp³-hybridized carbons (Fsp3) is 0.429. The van der Waals surface area contributed by atoms with Crippen LogP contribution >= 0.6 is 34.9 Å². The van der Waals surface area contributed by atoms with E-state index in [2.05, 4.69) is 10.3 Å². The van der Waals surface area contributed by atoms with Crippen LogP contribution in [-0.2, 0) is 38.0 Å². The molecule has 0 spiro atoms. The highest BCUT2D eigenvalue weighted by Gasteiger charge is 2.54. The molecule has 2 aliphatic rings. The molecule has 9 nitrogen and oxygen atoms in total. The molecule has 13 heteroatoms. The highest BCUT2D eigenvalue weighted by molar-refractivity contribution is 8.01. The molecule has 0 saturated carbocycles. The molecule has 1 saturated heterocycles. The summed E-state index contributed by atoms with van der Waals surface area (Å²) in [6.07, 6.45) is 1.38. The first-order chi connectivity index (χ1) is 16.3. The first-order valence-electron chi connectivity index (χ1n) is 10.6. The number of thioether (sulfide) groups is 2. The first-order valence-corrected chi connectivity index (χ1v) is 14.8. The zero-order valence-electron chi connectivity index (χ0n) is 18.4. The summed E-state index contributed by atoms with van der Waals surface area (Å²) in [5.74, 6) is -1.00. The number of aryl methyl sites for hydroxylation is 2. The summed E-state index contributed by atoms with van der Waals surface area (Å²) in [7, 11) is -1.49. The molecule has 2 N–H and O–H groups in total. The summed E-state index contributed by atoms with van der Waals surface area (Å²) in [6.45, 7) is 3.93. The minimum Gasteiger partial charge on any atom is -0.477 e. The van der Waals surface area contributed by atoms with E-state index in [0.29, 0.717) is 45.1 Å². The van der Waals surface area contributed by atoms with Gasteiger partial charge in [-0.3, -0.25) is 18.7 Å². The number of thiophene rings is 1. The number of oxazole rings is 1. The maximum Gasteiger partial charge on any atom is 0.352 e. The van der Waals surface area contributed by atoms with Gasteiger partial charge in [0.25, 0.3) is 5.91 Å². The molecule has 2 unspecified atom stereocenters. The third-order valence-corrected chi connectivity index (χ3v) is 10.3. The number of hydrogen-bond acceptors (Lipinski definition) is 9. The van der Waals surface area contributed by atoms with Gasteiger partial charge in [-0.1, -0.05) is 31.7 Å². The summed E-state index contributed by atoms with van der Waals surface area (Å²) >= 11 is 4.08. The van der Waals surface area contributed by atoms with Crippen LogP contribution in [-0.4, -0.2) is 65.7 Å². The number of β-lactam (4-membered cyclic amide) rings is 1. The number of carboxylic acid groups (broad SMARTS) is 1. The average Bonchev–Trinajstić information content (AvgIpc) is 3.50. The number of carbonyl (C=O) groups excluding carboxylic acids is 2. The minimum absolute atomic E-state index is 0.0396. The first kappa shape index (κ1) is 25.0. The molecule has 182 valence electrons. The Bertz CT molecular complexity index is 1160. The van der Waals surface area contributed by atoms with E-state index in [1.807, 2.05) is 13.8 Å². The quantitative estimate of drug-likeness (QED) is 0.344. The van der Waals surface area contributed by atoms with E-state index in [4.69, 9.17) is 4.42 Å². The van der Waals surface area contributed by atoms with Gasteiger partial charge in [0, 0.05) is 17.9 Å². The van der Waals surface area contributed by atoms with Crippen LogP contribution in [0.5, 0.6) is 0 Å². The Morgan fingerprint density at radius 1 is 1.38 bits per heavy atom. The van der Waals surface area contributed by atoms with Gasteiger partial charge in [0.1, 0.15) is 22.9 Å². The van der Waals surface area contributed by atoms with Crippen LogP contribution in [0.25, 0.3) is 0 Å². The molecule has 0 aromatic carbocycles. The highest BCUT2D eigenvalue weighted by atomic mass is 32.2. The second kappa shape index (κ2) is 10.7. The Kier molecular flexibility index (Phi) is 7.85.